The van der Waals surface area contributed by atoms with Crippen LogP contribution in [-0.2, 0) is 6.54 Å². The van der Waals surface area contributed by atoms with Crippen LogP contribution in [0.5, 0.6) is 0 Å². The molecule has 76 valence electrons. The Morgan fingerprint density at radius 2 is 1.93 bits per heavy atom. The van der Waals surface area contributed by atoms with Gasteiger partial charge in [0.25, 0.3) is 0 Å². The van der Waals surface area contributed by atoms with E-state index in [1.807, 2.05) is 19.9 Å². The quantitative estimate of drug-likeness (QED) is 0.534. The molecule has 0 fully saturated rings. The van der Waals surface area contributed by atoms with E-state index in [2.05, 4.69) is 22.6 Å². The summed E-state index contributed by atoms with van der Waals surface area (Å²) < 4.78 is 1.01. The van der Waals surface area contributed by atoms with Crippen LogP contribution >= 0.6 is 22.6 Å². The zero-order valence-corrected chi connectivity index (χ0v) is 10.4. The average molecular weight is 305 g/mol. The van der Waals surface area contributed by atoms with E-state index < -0.39 is 7.12 Å². The Kier molecular flexibility index (Phi) is 3.94. The molecule has 0 aromatic heterocycles. The zero-order chi connectivity index (χ0) is 10.9. The lowest BCUT2D eigenvalue weighted by molar-refractivity contribution is 0.425. The number of hydrogen-bond donors (Lipinski definition) is 3. The summed E-state index contributed by atoms with van der Waals surface area (Å²) in [6, 6.07) is 1.98. The minimum absolute atomic E-state index is 0.418. The molecule has 0 radical (unpaired) electrons. The van der Waals surface area contributed by atoms with E-state index in [9.17, 15) is 10.0 Å². The molecule has 1 aromatic rings. The molecule has 5 heteroatoms. The molecule has 3 nitrogen and oxygen atoms in total. The molecule has 0 amide bonds. The summed E-state index contributed by atoms with van der Waals surface area (Å²) >= 11 is 2.17. The van der Waals surface area contributed by atoms with Crippen molar-refractivity contribution in [2.75, 3.05) is 0 Å². The summed E-state index contributed by atoms with van der Waals surface area (Å²) in [6.07, 6.45) is 0. The summed E-state index contributed by atoms with van der Waals surface area (Å²) in [5.74, 6) is 0. The second kappa shape index (κ2) is 4.61. The van der Waals surface area contributed by atoms with Gasteiger partial charge in [0.05, 0.1) is 0 Å². The van der Waals surface area contributed by atoms with Crippen molar-refractivity contribution in [2.45, 2.75) is 20.4 Å². The fourth-order valence-corrected chi connectivity index (χ4v) is 2.22. The molecular formula is C9H13BINO2. The maximum absolute atomic E-state index is 9.24. The van der Waals surface area contributed by atoms with Gasteiger partial charge in [0, 0.05) is 10.1 Å². The molecular weight excluding hydrogens is 292 g/mol. The lowest BCUT2D eigenvalue weighted by Gasteiger charge is -2.14. The van der Waals surface area contributed by atoms with Crippen molar-refractivity contribution in [2.24, 2.45) is 5.73 Å². The van der Waals surface area contributed by atoms with Crippen molar-refractivity contribution in [1.82, 2.24) is 0 Å². The first-order chi connectivity index (χ1) is 6.49. The second-order valence-corrected chi connectivity index (χ2v) is 4.42. The molecule has 0 saturated carbocycles. The summed E-state index contributed by atoms with van der Waals surface area (Å²) in [5.41, 5.74) is 8.90. The fraction of sp³-hybridized carbons (Fsp3) is 0.333. The maximum atomic E-state index is 9.24. The fourth-order valence-electron chi connectivity index (χ4n) is 1.55. The molecule has 0 atom stereocenters. The molecule has 0 aliphatic rings. The number of halogens is 1. The molecule has 0 heterocycles. The Balaban J connectivity index is 3.45. The van der Waals surface area contributed by atoms with Crippen LogP contribution < -0.4 is 11.2 Å². The van der Waals surface area contributed by atoms with Crippen molar-refractivity contribution >= 4 is 35.2 Å². The van der Waals surface area contributed by atoms with Gasteiger partial charge in [0.2, 0.25) is 0 Å². The van der Waals surface area contributed by atoms with Crippen molar-refractivity contribution in [3.63, 3.8) is 0 Å². The van der Waals surface area contributed by atoms with Crippen LogP contribution in [0.3, 0.4) is 0 Å². The highest BCUT2D eigenvalue weighted by Crippen LogP contribution is 2.16. The summed E-state index contributed by atoms with van der Waals surface area (Å²) in [5, 5.41) is 18.5. The lowest BCUT2D eigenvalue weighted by Crippen LogP contribution is -2.36. The van der Waals surface area contributed by atoms with E-state index in [0.29, 0.717) is 12.0 Å². The van der Waals surface area contributed by atoms with E-state index in [-0.39, 0.29) is 0 Å². The number of hydrogen-bond acceptors (Lipinski definition) is 3. The number of rotatable bonds is 2. The second-order valence-electron chi connectivity index (χ2n) is 3.26. The molecule has 14 heavy (non-hydrogen) atoms. The highest BCUT2D eigenvalue weighted by Gasteiger charge is 2.20. The van der Waals surface area contributed by atoms with Crippen LogP contribution in [0.2, 0.25) is 0 Å². The third-order valence-electron chi connectivity index (χ3n) is 2.43. The van der Waals surface area contributed by atoms with E-state index in [1.165, 1.54) is 0 Å². The molecule has 0 aliphatic heterocycles. The lowest BCUT2D eigenvalue weighted by atomic mass is 9.73. The van der Waals surface area contributed by atoms with Crippen molar-refractivity contribution in [1.29, 1.82) is 0 Å². The van der Waals surface area contributed by atoms with Gasteiger partial charge in [-0.15, -0.1) is 0 Å². The van der Waals surface area contributed by atoms with E-state index >= 15 is 0 Å². The van der Waals surface area contributed by atoms with Crippen LogP contribution in [-0.4, -0.2) is 17.2 Å². The zero-order valence-electron chi connectivity index (χ0n) is 8.21. The van der Waals surface area contributed by atoms with Gasteiger partial charge in [0.1, 0.15) is 0 Å². The minimum atomic E-state index is -1.42. The molecule has 0 aliphatic carbocycles. The van der Waals surface area contributed by atoms with Crippen molar-refractivity contribution in [3.8, 4) is 0 Å². The Labute approximate surface area is 97.6 Å². The molecule has 0 unspecified atom stereocenters. The molecule has 0 saturated heterocycles. The first-order valence-corrected chi connectivity index (χ1v) is 5.41. The predicted molar refractivity (Wildman–Crippen MR) is 66.4 cm³/mol. The van der Waals surface area contributed by atoms with Crippen LogP contribution in [0, 0.1) is 17.4 Å². The van der Waals surface area contributed by atoms with E-state index in [1.54, 1.807) is 0 Å². The molecule has 0 spiro atoms. The van der Waals surface area contributed by atoms with Crippen molar-refractivity contribution < 1.29 is 10.0 Å². The summed E-state index contributed by atoms with van der Waals surface area (Å²) in [7, 11) is -1.42. The normalized spacial score (nSPS) is 10.4. The molecule has 1 aromatic carbocycles. The summed E-state index contributed by atoms with van der Waals surface area (Å²) in [4.78, 5) is 0. The number of benzene rings is 1. The number of nitrogens with two attached hydrogens (primary N) is 1. The van der Waals surface area contributed by atoms with Crippen LogP contribution in [0.15, 0.2) is 6.07 Å². The first-order valence-electron chi connectivity index (χ1n) is 4.33. The van der Waals surface area contributed by atoms with Gasteiger partial charge in [-0.05, 0) is 64.7 Å². The van der Waals surface area contributed by atoms with Crippen LogP contribution in [0.1, 0.15) is 16.7 Å². The topological polar surface area (TPSA) is 66.5 Å². The molecule has 1 rings (SSSR count). The van der Waals surface area contributed by atoms with Gasteiger partial charge in [-0.3, -0.25) is 0 Å². The highest BCUT2D eigenvalue weighted by atomic mass is 127. The third kappa shape index (κ3) is 2.11. The Morgan fingerprint density at radius 3 is 2.36 bits per heavy atom. The Hall–Kier alpha value is -0.105. The van der Waals surface area contributed by atoms with Gasteiger partial charge in [-0.2, -0.15) is 0 Å². The van der Waals surface area contributed by atoms with Gasteiger partial charge >= 0.3 is 7.12 Å². The Bertz CT molecular complexity index is 355. The standard InChI is InChI=1S/C9H13BINO2/c1-5-7(4-12)3-8(11)6(2)9(5)10(13)14/h3,13-14H,4,12H2,1-2H3. The van der Waals surface area contributed by atoms with E-state index in [4.69, 9.17) is 5.73 Å². The van der Waals surface area contributed by atoms with Gasteiger partial charge < -0.3 is 15.8 Å². The largest absolute Gasteiger partial charge is 0.489 e. The summed E-state index contributed by atoms with van der Waals surface area (Å²) in [6.45, 7) is 4.16. The average Bonchev–Trinajstić information content (AvgIpc) is 2.11. The van der Waals surface area contributed by atoms with Crippen LogP contribution in [0.4, 0.5) is 0 Å². The monoisotopic (exact) mass is 305 g/mol. The molecule has 4 N–H and O–H groups in total. The first kappa shape index (κ1) is 12.0. The maximum Gasteiger partial charge on any atom is 0.489 e. The third-order valence-corrected chi connectivity index (χ3v) is 3.55. The predicted octanol–water partition coefficient (Wildman–Crippen LogP) is 0.0465. The highest BCUT2D eigenvalue weighted by molar-refractivity contribution is 14.1. The minimum Gasteiger partial charge on any atom is -0.423 e. The van der Waals surface area contributed by atoms with Crippen LogP contribution in [0.25, 0.3) is 0 Å². The SMILES string of the molecule is Cc1c(I)cc(CN)c(C)c1B(O)O. The molecule has 0 bridgehead atoms. The Morgan fingerprint density at radius 1 is 1.36 bits per heavy atom. The van der Waals surface area contributed by atoms with Gasteiger partial charge in [-0.25, -0.2) is 0 Å². The van der Waals surface area contributed by atoms with Crippen molar-refractivity contribution in [3.05, 3.63) is 26.3 Å². The van der Waals surface area contributed by atoms with E-state index in [0.717, 1.165) is 20.3 Å². The van der Waals surface area contributed by atoms with Gasteiger partial charge in [0.15, 0.2) is 0 Å². The smallest absolute Gasteiger partial charge is 0.423 e. The van der Waals surface area contributed by atoms with Gasteiger partial charge in [-0.1, -0.05) is 0 Å².